The van der Waals surface area contributed by atoms with Crippen molar-refractivity contribution in [2.24, 2.45) is 4.99 Å². The molecule has 0 aliphatic heterocycles. The summed E-state index contributed by atoms with van der Waals surface area (Å²) in [5, 5.41) is 6.12. The minimum absolute atomic E-state index is 0.120. The second kappa shape index (κ2) is 7.60. The van der Waals surface area contributed by atoms with Crippen molar-refractivity contribution in [3.05, 3.63) is 29.8 Å². The lowest BCUT2D eigenvalue weighted by Gasteiger charge is -2.17. The minimum atomic E-state index is -0.328. The number of nitrogens with zero attached hydrogens (tertiary/aromatic N) is 2. The summed E-state index contributed by atoms with van der Waals surface area (Å²) in [4.78, 5) is 8.00. The molecular formula is C12H19FN4O. The van der Waals surface area contributed by atoms with E-state index in [9.17, 15) is 4.39 Å². The molecule has 0 bridgehead atoms. The molecule has 100 valence electrons. The Morgan fingerprint density at radius 1 is 1.61 bits per heavy atom. The van der Waals surface area contributed by atoms with Gasteiger partial charge in [0.2, 0.25) is 0 Å². The van der Waals surface area contributed by atoms with Crippen LogP contribution in [0.4, 0.5) is 4.39 Å². The molecule has 0 fully saturated rings. The Kier molecular flexibility index (Phi) is 6.07. The van der Waals surface area contributed by atoms with Crippen molar-refractivity contribution in [1.82, 2.24) is 15.6 Å². The van der Waals surface area contributed by atoms with E-state index in [2.05, 4.69) is 20.6 Å². The van der Waals surface area contributed by atoms with Crippen LogP contribution in [0.15, 0.2) is 23.3 Å². The first-order valence-electron chi connectivity index (χ1n) is 5.73. The molecule has 0 aliphatic carbocycles. The molecular weight excluding hydrogens is 235 g/mol. The van der Waals surface area contributed by atoms with Crippen LogP contribution in [0, 0.1) is 5.82 Å². The van der Waals surface area contributed by atoms with Gasteiger partial charge in [0.05, 0.1) is 18.8 Å². The SMILES string of the molecule is CN=C(NCc1ncccc1F)NC(C)COC. The van der Waals surface area contributed by atoms with Gasteiger partial charge in [-0.25, -0.2) is 4.39 Å². The van der Waals surface area contributed by atoms with E-state index in [0.717, 1.165) is 0 Å². The highest BCUT2D eigenvalue weighted by Gasteiger charge is 2.06. The van der Waals surface area contributed by atoms with Crippen molar-refractivity contribution in [3.8, 4) is 0 Å². The van der Waals surface area contributed by atoms with Crippen LogP contribution in [0.1, 0.15) is 12.6 Å². The van der Waals surface area contributed by atoms with Crippen LogP contribution in [0.3, 0.4) is 0 Å². The zero-order valence-corrected chi connectivity index (χ0v) is 10.9. The summed E-state index contributed by atoms with van der Waals surface area (Å²) in [6.45, 7) is 2.82. The molecule has 5 nitrogen and oxygen atoms in total. The number of aromatic nitrogens is 1. The molecule has 1 atom stereocenters. The van der Waals surface area contributed by atoms with Gasteiger partial charge in [0.1, 0.15) is 5.82 Å². The number of guanidine groups is 1. The van der Waals surface area contributed by atoms with Gasteiger partial charge in [-0.2, -0.15) is 0 Å². The van der Waals surface area contributed by atoms with Crippen LogP contribution in [0.2, 0.25) is 0 Å². The van der Waals surface area contributed by atoms with Crippen LogP contribution < -0.4 is 10.6 Å². The van der Waals surface area contributed by atoms with Crippen molar-refractivity contribution in [2.75, 3.05) is 20.8 Å². The van der Waals surface area contributed by atoms with Gasteiger partial charge in [-0.1, -0.05) is 0 Å². The number of aliphatic imine (C=N–C) groups is 1. The Bertz CT molecular complexity index is 397. The maximum absolute atomic E-state index is 13.3. The van der Waals surface area contributed by atoms with Crippen molar-refractivity contribution < 1.29 is 9.13 Å². The second-order valence-electron chi connectivity index (χ2n) is 3.86. The highest BCUT2D eigenvalue weighted by molar-refractivity contribution is 5.79. The molecule has 0 amide bonds. The first-order valence-corrected chi connectivity index (χ1v) is 5.73. The lowest BCUT2D eigenvalue weighted by molar-refractivity contribution is 0.179. The summed E-state index contributed by atoms with van der Waals surface area (Å²) >= 11 is 0. The minimum Gasteiger partial charge on any atom is -0.383 e. The van der Waals surface area contributed by atoms with Gasteiger partial charge in [0.25, 0.3) is 0 Å². The average Bonchev–Trinajstić information content (AvgIpc) is 2.36. The lowest BCUT2D eigenvalue weighted by atomic mass is 10.3. The molecule has 0 aliphatic rings. The average molecular weight is 254 g/mol. The monoisotopic (exact) mass is 254 g/mol. The fourth-order valence-electron chi connectivity index (χ4n) is 1.44. The van der Waals surface area contributed by atoms with Crippen molar-refractivity contribution in [1.29, 1.82) is 0 Å². The summed E-state index contributed by atoms with van der Waals surface area (Å²) in [7, 11) is 3.29. The van der Waals surface area contributed by atoms with E-state index in [1.54, 1.807) is 26.4 Å². The molecule has 0 aromatic carbocycles. The fraction of sp³-hybridized carbons (Fsp3) is 0.500. The number of methoxy groups -OCH3 is 1. The largest absolute Gasteiger partial charge is 0.383 e. The summed E-state index contributed by atoms with van der Waals surface area (Å²) in [5.74, 6) is 0.259. The molecule has 6 heteroatoms. The van der Waals surface area contributed by atoms with E-state index in [-0.39, 0.29) is 18.4 Å². The standard InChI is InChI=1S/C12H19FN4O/c1-9(8-18-3)17-12(14-2)16-7-11-10(13)5-4-6-15-11/h4-6,9H,7-8H2,1-3H3,(H2,14,16,17). The Morgan fingerprint density at radius 3 is 3.00 bits per heavy atom. The molecule has 1 aromatic rings. The smallest absolute Gasteiger partial charge is 0.191 e. The zero-order valence-electron chi connectivity index (χ0n) is 10.9. The maximum Gasteiger partial charge on any atom is 0.191 e. The topological polar surface area (TPSA) is 58.5 Å². The summed E-state index contributed by atoms with van der Waals surface area (Å²) in [5.41, 5.74) is 0.361. The number of hydrogen-bond acceptors (Lipinski definition) is 3. The molecule has 0 saturated carbocycles. The van der Waals surface area contributed by atoms with Gasteiger partial charge in [-0.3, -0.25) is 9.98 Å². The number of halogens is 1. The van der Waals surface area contributed by atoms with E-state index in [4.69, 9.17) is 4.74 Å². The quantitative estimate of drug-likeness (QED) is 0.606. The van der Waals surface area contributed by atoms with E-state index in [0.29, 0.717) is 18.3 Å². The van der Waals surface area contributed by atoms with Crippen LogP contribution in [-0.4, -0.2) is 37.7 Å². The maximum atomic E-state index is 13.3. The molecule has 0 radical (unpaired) electrons. The molecule has 1 unspecified atom stereocenters. The Hall–Kier alpha value is -1.69. The van der Waals surface area contributed by atoms with Gasteiger partial charge in [-0.05, 0) is 19.1 Å². The van der Waals surface area contributed by atoms with Crippen LogP contribution in [0.25, 0.3) is 0 Å². The molecule has 18 heavy (non-hydrogen) atoms. The highest BCUT2D eigenvalue weighted by atomic mass is 19.1. The van der Waals surface area contributed by atoms with E-state index < -0.39 is 0 Å². The molecule has 0 spiro atoms. The van der Waals surface area contributed by atoms with E-state index in [1.807, 2.05) is 6.92 Å². The Labute approximate surface area is 106 Å². The second-order valence-corrected chi connectivity index (χ2v) is 3.86. The van der Waals surface area contributed by atoms with Crippen molar-refractivity contribution >= 4 is 5.96 Å². The first-order chi connectivity index (χ1) is 8.67. The lowest BCUT2D eigenvalue weighted by Crippen LogP contribution is -2.43. The van der Waals surface area contributed by atoms with Gasteiger partial charge in [0, 0.05) is 26.4 Å². The third-order valence-electron chi connectivity index (χ3n) is 2.28. The highest BCUT2D eigenvalue weighted by Crippen LogP contribution is 2.01. The van der Waals surface area contributed by atoms with Crippen molar-refractivity contribution in [3.63, 3.8) is 0 Å². The fourth-order valence-corrected chi connectivity index (χ4v) is 1.44. The van der Waals surface area contributed by atoms with Crippen LogP contribution in [0.5, 0.6) is 0 Å². The third kappa shape index (κ3) is 4.67. The van der Waals surface area contributed by atoms with Crippen LogP contribution >= 0.6 is 0 Å². The van der Waals surface area contributed by atoms with Gasteiger partial charge < -0.3 is 15.4 Å². The molecule has 1 heterocycles. The molecule has 1 rings (SSSR count). The predicted molar refractivity (Wildman–Crippen MR) is 68.9 cm³/mol. The zero-order chi connectivity index (χ0) is 13.4. The predicted octanol–water partition coefficient (Wildman–Crippen LogP) is 0.921. The third-order valence-corrected chi connectivity index (χ3v) is 2.28. The van der Waals surface area contributed by atoms with Gasteiger partial charge in [-0.15, -0.1) is 0 Å². The number of ether oxygens (including phenoxy) is 1. The number of hydrogen-bond donors (Lipinski definition) is 2. The molecule has 0 saturated heterocycles. The summed E-state index contributed by atoms with van der Waals surface area (Å²) < 4.78 is 18.4. The van der Waals surface area contributed by atoms with Crippen LogP contribution in [-0.2, 0) is 11.3 Å². The first kappa shape index (κ1) is 14.4. The molecule has 1 aromatic heterocycles. The Morgan fingerprint density at radius 2 is 2.39 bits per heavy atom. The number of nitrogens with one attached hydrogen (secondary N) is 2. The summed E-state index contributed by atoms with van der Waals surface area (Å²) in [6, 6.07) is 3.06. The van der Waals surface area contributed by atoms with Gasteiger partial charge >= 0.3 is 0 Å². The summed E-state index contributed by atoms with van der Waals surface area (Å²) in [6.07, 6.45) is 1.56. The normalized spacial score (nSPS) is 13.2. The van der Waals surface area contributed by atoms with Gasteiger partial charge in [0.15, 0.2) is 5.96 Å². The van der Waals surface area contributed by atoms with Crippen molar-refractivity contribution in [2.45, 2.75) is 19.5 Å². The molecule has 2 N–H and O–H groups in total. The van der Waals surface area contributed by atoms with E-state index >= 15 is 0 Å². The number of pyridine rings is 1. The van der Waals surface area contributed by atoms with E-state index in [1.165, 1.54) is 6.07 Å². The number of rotatable bonds is 5. The Balaban J connectivity index is 2.48.